The molecule has 1 aliphatic heterocycles. The van der Waals surface area contributed by atoms with Crippen LogP contribution in [-0.2, 0) is 27.4 Å². The molecule has 1 saturated heterocycles. The molecule has 1 aromatic carbocycles. The summed E-state index contributed by atoms with van der Waals surface area (Å²) in [5, 5.41) is 6.53. The van der Waals surface area contributed by atoms with E-state index in [9.17, 15) is 4.39 Å². The lowest BCUT2D eigenvalue weighted by Gasteiger charge is -2.12. The van der Waals surface area contributed by atoms with Crippen LogP contribution in [0.2, 0.25) is 0 Å². The Labute approximate surface area is 161 Å². The van der Waals surface area contributed by atoms with Gasteiger partial charge in [-0.05, 0) is 37.5 Å². The maximum Gasteiger partial charge on any atom is 0.191 e. The highest BCUT2D eigenvalue weighted by Gasteiger charge is 2.15. The highest BCUT2D eigenvalue weighted by molar-refractivity contribution is 5.79. The molecule has 152 valence electrons. The lowest BCUT2D eigenvalue weighted by molar-refractivity contribution is 0.0888. The largest absolute Gasteiger partial charge is 0.381 e. The first-order valence-corrected chi connectivity index (χ1v) is 9.66. The zero-order valence-corrected chi connectivity index (χ0v) is 16.4. The van der Waals surface area contributed by atoms with Crippen LogP contribution in [0.3, 0.4) is 0 Å². The average molecular weight is 381 g/mol. The molecule has 0 radical (unpaired) electrons. The van der Waals surface area contributed by atoms with E-state index in [-0.39, 0.29) is 12.4 Å². The van der Waals surface area contributed by atoms with Gasteiger partial charge in [-0.1, -0.05) is 6.07 Å². The van der Waals surface area contributed by atoms with Gasteiger partial charge in [0.25, 0.3) is 0 Å². The number of nitrogens with zero attached hydrogens (tertiary/aromatic N) is 1. The van der Waals surface area contributed by atoms with Crippen molar-refractivity contribution in [1.82, 2.24) is 10.6 Å². The van der Waals surface area contributed by atoms with Crippen molar-refractivity contribution >= 4 is 5.96 Å². The summed E-state index contributed by atoms with van der Waals surface area (Å²) < 4.78 is 29.8. The van der Waals surface area contributed by atoms with E-state index in [2.05, 4.69) is 15.6 Å². The summed E-state index contributed by atoms with van der Waals surface area (Å²) in [6, 6.07) is 5.01. The maximum absolute atomic E-state index is 13.7. The topological polar surface area (TPSA) is 64.1 Å². The summed E-state index contributed by atoms with van der Waals surface area (Å²) in [5.74, 6) is 1.05. The van der Waals surface area contributed by atoms with E-state index in [4.69, 9.17) is 14.2 Å². The second kappa shape index (κ2) is 12.6. The number of aliphatic imine (C=N–C) groups is 1. The van der Waals surface area contributed by atoms with E-state index in [1.54, 1.807) is 19.2 Å². The molecule has 0 amide bonds. The van der Waals surface area contributed by atoms with E-state index < -0.39 is 0 Å². The number of nitrogens with one attached hydrogen (secondary N) is 2. The van der Waals surface area contributed by atoms with Crippen LogP contribution in [0.5, 0.6) is 0 Å². The van der Waals surface area contributed by atoms with Crippen molar-refractivity contribution in [1.29, 1.82) is 0 Å². The molecule has 1 unspecified atom stereocenters. The molecule has 0 saturated carbocycles. The summed E-state index contributed by atoms with van der Waals surface area (Å²) in [6.45, 7) is 7.51. The molecule has 2 rings (SSSR count). The molecule has 1 aromatic rings. The fraction of sp³-hybridized carbons (Fsp3) is 0.650. The van der Waals surface area contributed by atoms with Crippen LogP contribution < -0.4 is 10.6 Å². The number of hydrogen-bond acceptors (Lipinski definition) is 4. The van der Waals surface area contributed by atoms with Crippen molar-refractivity contribution in [2.24, 2.45) is 10.9 Å². The smallest absolute Gasteiger partial charge is 0.191 e. The van der Waals surface area contributed by atoms with Gasteiger partial charge in [0, 0.05) is 44.9 Å². The Morgan fingerprint density at radius 2 is 2.26 bits per heavy atom. The van der Waals surface area contributed by atoms with Gasteiger partial charge in [0.2, 0.25) is 0 Å². The van der Waals surface area contributed by atoms with Gasteiger partial charge in [-0.15, -0.1) is 0 Å². The van der Waals surface area contributed by atoms with Crippen LogP contribution >= 0.6 is 0 Å². The molecule has 1 atom stereocenters. The van der Waals surface area contributed by atoms with E-state index in [0.717, 1.165) is 63.9 Å². The minimum atomic E-state index is -0.251. The molecule has 1 heterocycles. The van der Waals surface area contributed by atoms with Crippen LogP contribution in [0.25, 0.3) is 0 Å². The molecular weight excluding hydrogens is 349 g/mol. The van der Waals surface area contributed by atoms with Crippen molar-refractivity contribution < 1.29 is 18.6 Å². The number of hydrogen-bond donors (Lipinski definition) is 2. The molecule has 0 aromatic heterocycles. The SMILES string of the molecule is CCNC(=NCc1ccc(F)c(COC)c1)NCCCOCC1CCOC1. The first kappa shape index (κ1) is 21.6. The molecule has 6 nitrogen and oxygen atoms in total. The van der Waals surface area contributed by atoms with Gasteiger partial charge >= 0.3 is 0 Å². The minimum absolute atomic E-state index is 0.251. The van der Waals surface area contributed by atoms with E-state index in [1.807, 2.05) is 6.92 Å². The zero-order chi connectivity index (χ0) is 19.3. The van der Waals surface area contributed by atoms with Gasteiger partial charge < -0.3 is 24.8 Å². The maximum atomic E-state index is 13.7. The second-order valence-electron chi connectivity index (χ2n) is 6.64. The van der Waals surface area contributed by atoms with Crippen molar-refractivity contribution in [2.45, 2.75) is 32.9 Å². The number of ether oxygens (including phenoxy) is 3. The lowest BCUT2D eigenvalue weighted by Crippen LogP contribution is -2.38. The standard InChI is InChI=1S/C20H32FN3O3/c1-3-22-20(23-8-4-9-26-13-17-7-10-27-14-17)24-12-16-5-6-19(21)18(11-16)15-25-2/h5-6,11,17H,3-4,7-10,12-15H2,1-2H3,(H2,22,23,24). The molecule has 2 N–H and O–H groups in total. The van der Waals surface area contributed by atoms with E-state index in [1.165, 1.54) is 6.07 Å². The third-order valence-electron chi connectivity index (χ3n) is 4.31. The quantitative estimate of drug-likeness (QED) is 0.350. The molecule has 0 aliphatic carbocycles. The second-order valence-corrected chi connectivity index (χ2v) is 6.64. The number of benzene rings is 1. The Morgan fingerprint density at radius 1 is 1.37 bits per heavy atom. The van der Waals surface area contributed by atoms with Crippen molar-refractivity contribution in [2.75, 3.05) is 46.6 Å². The van der Waals surface area contributed by atoms with Crippen LogP contribution in [-0.4, -0.2) is 52.6 Å². The first-order valence-electron chi connectivity index (χ1n) is 9.66. The monoisotopic (exact) mass is 381 g/mol. The van der Waals surface area contributed by atoms with E-state index >= 15 is 0 Å². The third kappa shape index (κ3) is 8.24. The Morgan fingerprint density at radius 3 is 3.00 bits per heavy atom. The Bertz CT molecular complexity index is 578. The third-order valence-corrected chi connectivity index (χ3v) is 4.31. The predicted octanol–water partition coefficient (Wildman–Crippen LogP) is 2.47. The summed E-state index contributed by atoms with van der Waals surface area (Å²) in [6.07, 6.45) is 2.01. The van der Waals surface area contributed by atoms with Crippen LogP contribution in [0.15, 0.2) is 23.2 Å². The number of guanidine groups is 1. The molecule has 1 aliphatic rings. The Balaban J connectivity index is 1.72. The zero-order valence-electron chi connectivity index (χ0n) is 16.4. The van der Waals surface area contributed by atoms with Gasteiger partial charge in [-0.25, -0.2) is 9.38 Å². The first-order chi connectivity index (χ1) is 13.2. The van der Waals surface area contributed by atoms with Gasteiger partial charge in [-0.3, -0.25) is 0 Å². The summed E-state index contributed by atoms with van der Waals surface area (Å²) in [5.41, 5.74) is 1.50. The predicted molar refractivity (Wildman–Crippen MR) is 104 cm³/mol. The fourth-order valence-corrected chi connectivity index (χ4v) is 2.85. The molecule has 0 spiro atoms. The molecule has 7 heteroatoms. The van der Waals surface area contributed by atoms with Crippen molar-refractivity contribution in [3.8, 4) is 0 Å². The molecule has 27 heavy (non-hydrogen) atoms. The molecule has 0 bridgehead atoms. The van der Waals surface area contributed by atoms with Crippen LogP contribution in [0.4, 0.5) is 4.39 Å². The normalized spacial score (nSPS) is 17.3. The summed E-state index contributed by atoms with van der Waals surface area (Å²) in [7, 11) is 1.56. The highest BCUT2D eigenvalue weighted by atomic mass is 19.1. The van der Waals surface area contributed by atoms with Crippen molar-refractivity contribution in [3.63, 3.8) is 0 Å². The highest BCUT2D eigenvalue weighted by Crippen LogP contribution is 2.13. The number of halogens is 1. The molecule has 1 fully saturated rings. The van der Waals surface area contributed by atoms with Gasteiger partial charge in [0.05, 0.1) is 26.4 Å². The number of rotatable bonds is 11. The summed E-state index contributed by atoms with van der Waals surface area (Å²) >= 11 is 0. The minimum Gasteiger partial charge on any atom is -0.381 e. The lowest BCUT2D eigenvalue weighted by atomic mass is 10.1. The number of methoxy groups -OCH3 is 1. The Hall–Kier alpha value is -1.70. The Kier molecular flexibility index (Phi) is 10.1. The van der Waals surface area contributed by atoms with Gasteiger partial charge in [-0.2, -0.15) is 0 Å². The molecular formula is C20H32FN3O3. The van der Waals surface area contributed by atoms with E-state index in [0.29, 0.717) is 18.0 Å². The summed E-state index contributed by atoms with van der Waals surface area (Å²) in [4.78, 5) is 4.57. The van der Waals surface area contributed by atoms with Gasteiger partial charge in [0.15, 0.2) is 5.96 Å². The van der Waals surface area contributed by atoms with Crippen LogP contribution in [0.1, 0.15) is 30.9 Å². The van der Waals surface area contributed by atoms with Crippen molar-refractivity contribution in [3.05, 3.63) is 35.1 Å². The van der Waals surface area contributed by atoms with Gasteiger partial charge in [0.1, 0.15) is 5.82 Å². The average Bonchev–Trinajstić information content (AvgIpc) is 3.18. The fourth-order valence-electron chi connectivity index (χ4n) is 2.85. The van der Waals surface area contributed by atoms with Crippen LogP contribution in [0, 0.1) is 11.7 Å².